The van der Waals surface area contributed by atoms with Crippen LogP contribution in [0.25, 0.3) is 11.0 Å². The summed E-state index contributed by atoms with van der Waals surface area (Å²) < 4.78 is 0. The molecule has 0 bridgehead atoms. The number of benzene rings is 1. The number of aromatic nitrogens is 2. The number of fused-ring (bicyclic) bond motifs is 2. The molecular weight excluding hydrogens is 262 g/mol. The first kappa shape index (κ1) is 12.9. The SMILES string of the molecule is O=C(NCCc1nc2ccccc2[nH]1)C1C2CCCCC21. The molecule has 4 rings (SSSR count). The average molecular weight is 283 g/mol. The highest BCUT2D eigenvalue weighted by Gasteiger charge is 2.54. The van der Waals surface area contributed by atoms with Crippen molar-refractivity contribution >= 4 is 16.9 Å². The standard InChI is InChI=1S/C17H21N3O/c21-17(16-11-5-1-2-6-12(11)16)18-10-9-15-19-13-7-3-4-8-14(13)20-15/h3-4,7-8,11-12,16H,1-2,5-6,9-10H2,(H,18,21)(H,19,20). The van der Waals surface area contributed by atoms with Crippen LogP contribution in [-0.4, -0.2) is 22.4 Å². The third-order valence-corrected chi connectivity index (χ3v) is 5.06. The number of H-pyrrole nitrogens is 1. The van der Waals surface area contributed by atoms with Crippen molar-refractivity contribution in [1.82, 2.24) is 15.3 Å². The third-order valence-electron chi connectivity index (χ3n) is 5.06. The Morgan fingerprint density at radius 1 is 1.24 bits per heavy atom. The number of rotatable bonds is 4. The van der Waals surface area contributed by atoms with E-state index in [1.165, 1.54) is 25.7 Å². The summed E-state index contributed by atoms with van der Waals surface area (Å²) in [5.74, 6) is 2.89. The molecule has 4 nitrogen and oxygen atoms in total. The van der Waals surface area contributed by atoms with E-state index in [4.69, 9.17) is 0 Å². The van der Waals surface area contributed by atoms with E-state index >= 15 is 0 Å². The Labute approximate surface area is 124 Å². The van der Waals surface area contributed by atoms with Crippen molar-refractivity contribution in [2.45, 2.75) is 32.1 Å². The van der Waals surface area contributed by atoms with E-state index in [9.17, 15) is 4.79 Å². The molecule has 0 radical (unpaired) electrons. The van der Waals surface area contributed by atoms with Crippen LogP contribution >= 0.6 is 0 Å². The molecule has 2 aliphatic rings. The molecule has 2 aliphatic carbocycles. The summed E-state index contributed by atoms with van der Waals surface area (Å²) in [6.07, 6.45) is 5.90. The minimum Gasteiger partial charge on any atom is -0.355 e. The molecule has 110 valence electrons. The maximum absolute atomic E-state index is 12.2. The van der Waals surface area contributed by atoms with Crippen LogP contribution in [0.1, 0.15) is 31.5 Å². The third kappa shape index (κ3) is 2.43. The summed E-state index contributed by atoms with van der Waals surface area (Å²) in [6, 6.07) is 8.02. The number of hydrogen-bond donors (Lipinski definition) is 2. The molecule has 2 unspecified atom stereocenters. The highest BCUT2D eigenvalue weighted by molar-refractivity contribution is 5.82. The minimum atomic E-state index is 0.267. The number of nitrogens with one attached hydrogen (secondary N) is 2. The molecule has 2 N–H and O–H groups in total. The highest BCUT2D eigenvalue weighted by atomic mass is 16.2. The lowest BCUT2D eigenvalue weighted by Crippen LogP contribution is -2.28. The van der Waals surface area contributed by atoms with Gasteiger partial charge in [0.25, 0.3) is 0 Å². The van der Waals surface area contributed by atoms with Crippen molar-refractivity contribution in [2.75, 3.05) is 6.54 Å². The Hall–Kier alpha value is -1.84. The molecule has 4 heteroatoms. The number of hydrogen-bond acceptors (Lipinski definition) is 2. The smallest absolute Gasteiger partial charge is 0.223 e. The second kappa shape index (κ2) is 5.17. The molecule has 21 heavy (non-hydrogen) atoms. The second-order valence-electron chi connectivity index (χ2n) is 6.38. The first-order valence-corrected chi connectivity index (χ1v) is 8.04. The van der Waals surface area contributed by atoms with Crippen LogP contribution in [0.5, 0.6) is 0 Å². The first-order chi connectivity index (χ1) is 10.3. The lowest BCUT2D eigenvalue weighted by atomic mass is 10.0. The summed E-state index contributed by atoms with van der Waals surface area (Å²) >= 11 is 0. The van der Waals surface area contributed by atoms with Gasteiger partial charge >= 0.3 is 0 Å². The monoisotopic (exact) mass is 283 g/mol. The van der Waals surface area contributed by atoms with E-state index in [2.05, 4.69) is 15.3 Å². The molecule has 0 aliphatic heterocycles. The van der Waals surface area contributed by atoms with Crippen LogP contribution in [0.3, 0.4) is 0 Å². The number of amides is 1. The van der Waals surface area contributed by atoms with Gasteiger partial charge in [0.2, 0.25) is 5.91 Å². The lowest BCUT2D eigenvalue weighted by Gasteiger charge is -2.04. The Morgan fingerprint density at radius 2 is 2.00 bits per heavy atom. The largest absolute Gasteiger partial charge is 0.355 e. The van der Waals surface area contributed by atoms with E-state index in [0.717, 1.165) is 23.3 Å². The number of carbonyl (C=O) groups excluding carboxylic acids is 1. The molecule has 2 aromatic rings. The van der Waals surface area contributed by atoms with Gasteiger partial charge in [-0.1, -0.05) is 25.0 Å². The zero-order valence-electron chi connectivity index (χ0n) is 12.1. The summed E-state index contributed by atoms with van der Waals surface area (Å²) in [7, 11) is 0. The van der Waals surface area contributed by atoms with E-state index in [1.54, 1.807) is 0 Å². The Balaban J connectivity index is 1.30. The average Bonchev–Trinajstić information content (AvgIpc) is 3.09. The quantitative estimate of drug-likeness (QED) is 0.906. The summed E-state index contributed by atoms with van der Waals surface area (Å²) in [5.41, 5.74) is 2.05. The van der Waals surface area contributed by atoms with E-state index in [0.29, 0.717) is 24.3 Å². The predicted molar refractivity (Wildman–Crippen MR) is 81.7 cm³/mol. The van der Waals surface area contributed by atoms with Crippen molar-refractivity contribution in [1.29, 1.82) is 0 Å². The zero-order chi connectivity index (χ0) is 14.2. The molecule has 1 aromatic carbocycles. The maximum atomic E-state index is 12.2. The molecule has 1 aromatic heterocycles. The highest BCUT2D eigenvalue weighted by Crippen LogP contribution is 2.55. The number of imidazole rings is 1. The van der Waals surface area contributed by atoms with Crippen molar-refractivity contribution in [3.63, 3.8) is 0 Å². The number of nitrogens with zero attached hydrogens (tertiary/aromatic N) is 1. The Bertz CT molecular complexity index is 618. The molecule has 2 fully saturated rings. The topological polar surface area (TPSA) is 57.8 Å². The van der Waals surface area contributed by atoms with Crippen molar-refractivity contribution in [3.05, 3.63) is 30.1 Å². The molecular formula is C17H21N3O. The fourth-order valence-electron chi connectivity index (χ4n) is 3.93. The van der Waals surface area contributed by atoms with Crippen molar-refractivity contribution in [3.8, 4) is 0 Å². The number of para-hydroxylation sites is 2. The summed E-state index contributed by atoms with van der Waals surface area (Å²) in [4.78, 5) is 20.0. The van der Waals surface area contributed by atoms with Gasteiger partial charge in [0.05, 0.1) is 11.0 Å². The Kier molecular flexibility index (Phi) is 3.17. The normalized spacial score (nSPS) is 27.3. The molecule has 2 atom stereocenters. The van der Waals surface area contributed by atoms with Crippen molar-refractivity contribution in [2.24, 2.45) is 17.8 Å². The van der Waals surface area contributed by atoms with Crippen LogP contribution in [0.4, 0.5) is 0 Å². The zero-order valence-corrected chi connectivity index (χ0v) is 12.1. The second-order valence-corrected chi connectivity index (χ2v) is 6.38. The molecule has 2 saturated carbocycles. The minimum absolute atomic E-state index is 0.267. The summed E-state index contributed by atoms with van der Waals surface area (Å²) in [6.45, 7) is 0.675. The van der Waals surface area contributed by atoms with E-state index in [1.807, 2.05) is 24.3 Å². The number of aromatic amines is 1. The van der Waals surface area contributed by atoms with Gasteiger partial charge in [0.15, 0.2) is 0 Å². The Morgan fingerprint density at radius 3 is 2.76 bits per heavy atom. The van der Waals surface area contributed by atoms with E-state index in [-0.39, 0.29) is 5.91 Å². The van der Waals surface area contributed by atoms with Gasteiger partial charge in [-0.3, -0.25) is 4.79 Å². The predicted octanol–water partition coefficient (Wildman–Crippen LogP) is 2.66. The number of carbonyl (C=O) groups is 1. The van der Waals surface area contributed by atoms with Gasteiger partial charge in [-0.15, -0.1) is 0 Å². The van der Waals surface area contributed by atoms with Gasteiger partial charge in [-0.2, -0.15) is 0 Å². The van der Waals surface area contributed by atoms with Crippen LogP contribution < -0.4 is 5.32 Å². The van der Waals surface area contributed by atoms with Gasteiger partial charge in [0.1, 0.15) is 5.82 Å². The van der Waals surface area contributed by atoms with Crippen LogP contribution in [0.15, 0.2) is 24.3 Å². The van der Waals surface area contributed by atoms with Crippen LogP contribution in [0.2, 0.25) is 0 Å². The molecule has 0 spiro atoms. The molecule has 1 heterocycles. The van der Waals surface area contributed by atoms with Gasteiger partial charge in [0, 0.05) is 18.9 Å². The van der Waals surface area contributed by atoms with Crippen LogP contribution in [-0.2, 0) is 11.2 Å². The van der Waals surface area contributed by atoms with Gasteiger partial charge < -0.3 is 10.3 Å². The fourth-order valence-corrected chi connectivity index (χ4v) is 3.93. The van der Waals surface area contributed by atoms with Crippen LogP contribution in [0, 0.1) is 17.8 Å². The molecule has 0 saturated heterocycles. The fraction of sp³-hybridized carbons (Fsp3) is 0.529. The molecule has 1 amide bonds. The van der Waals surface area contributed by atoms with E-state index < -0.39 is 0 Å². The first-order valence-electron chi connectivity index (χ1n) is 8.04. The summed E-state index contributed by atoms with van der Waals surface area (Å²) in [5, 5.41) is 3.09. The van der Waals surface area contributed by atoms with Gasteiger partial charge in [-0.25, -0.2) is 4.98 Å². The lowest BCUT2D eigenvalue weighted by molar-refractivity contribution is -0.122. The maximum Gasteiger partial charge on any atom is 0.223 e. The van der Waals surface area contributed by atoms with Gasteiger partial charge in [-0.05, 0) is 36.8 Å². The van der Waals surface area contributed by atoms with Crippen molar-refractivity contribution < 1.29 is 4.79 Å².